The van der Waals surface area contributed by atoms with Crippen LogP contribution in [-0.2, 0) is 38.0 Å². The Labute approximate surface area is 213 Å². The summed E-state index contributed by atoms with van der Waals surface area (Å²) in [6.45, 7) is 8.98. The lowest BCUT2D eigenvalue weighted by Gasteiger charge is -2.48. The van der Waals surface area contributed by atoms with E-state index in [0.717, 1.165) is 0 Å². The van der Waals surface area contributed by atoms with Crippen LogP contribution in [0.3, 0.4) is 0 Å². The van der Waals surface area contributed by atoms with Gasteiger partial charge in [0.1, 0.15) is 23.9 Å². The van der Waals surface area contributed by atoms with Crippen molar-refractivity contribution in [2.45, 2.75) is 121 Å². The molecule has 13 atom stereocenters. The smallest absolute Gasteiger partial charge is 0.311 e. The van der Waals surface area contributed by atoms with E-state index in [1.807, 2.05) is 6.92 Å². The maximum absolute atomic E-state index is 12.2. The van der Waals surface area contributed by atoms with E-state index in [9.17, 15) is 20.1 Å². The van der Waals surface area contributed by atoms with Crippen LogP contribution in [0, 0.1) is 11.8 Å². The first-order chi connectivity index (χ1) is 16.9. The molecule has 11 heteroatoms. The van der Waals surface area contributed by atoms with Gasteiger partial charge in [-0.15, -0.1) is 0 Å². The highest BCUT2D eigenvalue weighted by atomic mass is 16.7. The number of hydrogen-bond acceptors (Lipinski definition) is 11. The summed E-state index contributed by atoms with van der Waals surface area (Å²) in [6, 6.07) is 0. The molecule has 11 nitrogen and oxygen atoms in total. The first-order valence-electron chi connectivity index (χ1n) is 12.8. The maximum Gasteiger partial charge on any atom is 0.311 e. The number of methoxy groups -OCH3 is 2. The molecule has 0 saturated carbocycles. The van der Waals surface area contributed by atoms with Crippen molar-refractivity contribution in [3.05, 3.63) is 0 Å². The molecule has 3 fully saturated rings. The monoisotopic (exact) mass is 520 g/mol. The van der Waals surface area contributed by atoms with Gasteiger partial charge in [0.25, 0.3) is 0 Å². The van der Waals surface area contributed by atoms with Crippen molar-refractivity contribution < 1.29 is 53.3 Å². The lowest BCUT2D eigenvalue weighted by Crippen LogP contribution is -2.60. The van der Waals surface area contributed by atoms with Crippen molar-refractivity contribution in [2.24, 2.45) is 11.8 Å². The minimum absolute atomic E-state index is 0.201. The molecule has 3 heterocycles. The fourth-order valence-electron chi connectivity index (χ4n) is 5.39. The highest BCUT2D eigenvalue weighted by Crippen LogP contribution is 2.37. The Hall–Kier alpha value is -0.890. The molecular formula is C25H44O11. The first kappa shape index (κ1) is 29.7. The summed E-state index contributed by atoms with van der Waals surface area (Å²) in [5.74, 6) is -1.28. The number of cyclic esters (lactones) is 1. The average Bonchev–Trinajstić information content (AvgIpc) is 2.81. The molecule has 0 aliphatic carbocycles. The van der Waals surface area contributed by atoms with Gasteiger partial charge in [0.05, 0.1) is 43.0 Å². The third kappa shape index (κ3) is 6.57. The van der Waals surface area contributed by atoms with Gasteiger partial charge in [0.15, 0.2) is 12.6 Å². The van der Waals surface area contributed by atoms with Crippen molar-refractivity contribution in [1.82, 2.24) is 0 Å². The molecule has 36 heavy (non-hydrogen) atoms. The Kier molecular flexibility index (Phi) is 10.1. The molecule has 0 unspecified atom stereocenters. The van der Waals surface area contributed by atoms with E-state index in [1.54, 1.807) is 34.8 Å². The van der Waals surface area contributed by atoms with Crippen LogP contribution >= 0.6 is 0 Å². The Balaban J connectivity index is 1.67. The lowest BCUT2D eigenvalue weighted by molar-refractivity contribution is -0.342. The van der Waals surface area contributed by atoms with E-state index in [0.29, 0.717) is 12.8 Å². The number of esters is 1. The molecule has 3 aliphatic rings. The summed E-state index contributed by atoms with van der Waals surface area (Å²) in [6.07, 6.45) is -5.72. The number of aliphatic hydroxyl groups is 3. The molecule has 0 spiro atoms. The van der Waals surface area contributed by atoms with Crippen LogP contribution in [-0.4, -0.2) is 109 Å². The summed E-state index contributed by atoms with van der Waals surface area (Å²) >= 11 is 0. The van der Waals surface area contributed by atoms with E-state index < -0.39 is 78.9 Å². The predicted molar refractivity (Wildman–Crippen MR) is 126 cm³/mol. The number of carbonyl (C=O) groups excluding carboxylic acids is 1. The number of ether oxygens (including phenoxy) is 7. The summed E-state index contributed by atoms with van der Waals surface area (Å²) in [7, 11) is 3.08. The van der Waals surface area contributed by atoms with Gasteiger partial charge in [-0.25, -0.2) is 0 Å². The second kappa shape index (κ2) is 12.3. The van der Waals surface area contributed by atoms with Gasteiger partial charge in [-0.1, -0.05) is 6.92 Å². The van der Waals surface area contributed by atoms with E-state index in [1.165, 1.54) is 7.11 Å². The van der Waals surface area contributed by atoms with Crippen LogP contribution in [0.2, 0.25) is 0 Å². The number of aliphatic hydroxyl groups excluding tert-OH is 3. The van der Waals surface area contributed by atoms with Gasteiger partial charge >= 0.3 is 5.97 Å². The second-order valence-electron chi connectivity index (χ2n) is 10.7. The lowest BCUT2D eigenvalue weighted by atomic mass is 9.84. The normalized spacial score (nSPS) is 46.8. The van der Waals surface area contributed by atoms with E-state index in [2.05, 4.69) is 0 Å². The van der Waals surface area contributed by atoms with Crippen LogP contribution in [0.15, 0.2) is 0 Å². The van der Waals surface area contributed by atoms with Crippen LogP contribution in [0.1, 0.15) is 53.9 Å². The molecule has 0 amide bonds. The SMILES string of the molecule is COC[C@@H](C[C@H]1OC(=O)[C@H](C)[C@@H](O)[C@H]1C)O[C@H]1C[C@](C)(O[C@H]2C[C@@H](OC)[C@H](O)[C@@H](C)O2)[C@@H](O)[C@H](C)O1. The molecule has 3 N–H and O–H groups in total. The van der Waals surface area contributed by atoms with Crippen molar-refractivity contribution in [1.29, 1.82) is 0 Å². The van der Waals surface area contributed by atoms with Crippen molar-refractivity contribution in [2.75, 3.05) is 20.8 Å². The molecule has 210 valence electrons. The van der Waals surface area contributed by atoms with Crippen LogP contribution in [0.4, 0.5) is 0 Å². The predicted octanol–water partition coefficient (Wildman–Crippen LogP) is 0.749. The molecule has 3 rings (SSSR count). The van der Waals surface area contributed by atoms with Gasteiger partial charge in [0.2, 0.25) is 0 Å². The quantitative estimate of drug-likeness (QED) is 0.371. The zero-order valence-electron chi connectivity index (χ0n) is 22.4. The van der Waals surface area contributed by atoms with Crippen LogP contribution < -0.4 is 0 Å². The Morgan fingerprint density at radius 1 is 1.03 bits per heavy atom. The van der Waals surface area contributed by atoms with Crippen molar-refractivity contribution in [3.8, 4) is 0 Å². The summed E-state index contributed by atoms with van der Waals surface area (Å²) in [4.78, 5) is 12.2. The molecule has 3 aliphatic heterocycles. The van der Waals surface area contributed by atoms with Gasteiger partial charge in [0, 0.05) is 39.4 Å². The third-order valence-corrected chi connectivity index (χ3v) is 7.83. The minimum Gasteiger partial charge on any atom is -0.462 e. The summed E-state index contributed by atoms with van der Waals surface area (Å²) in [5, 5.41) is 31.6. The van der Waals surface area contributed by atoms with Gasteiger partial charge < -0.3 is 48.5 Å². The number of rotatable bonds is 9. The zero-order valence-corrected chi connectivity index (χ0v) is 22.4. The van der Waals surface area contributed by atoms with Gasteiger partial charge in [-0.2, -0.15) is 0 Å². The van der Waals surface area contributed by atoms with E-state index in [-0.39, 0.29) is 18.9 Å². The Morgan fingerprint density at radius 3 is 2.33 bits per heavy atom. The fraction of sp³-hybridized carbons (Fsp3) is 0.960. The van der Waals surface area contributed by atoms with E-state index in [4.69, 9.17) is 33.2 Å². The van der Waals surface area contributed by atoms with Crippen molar-refractivity contribution in [3.63, 3.8) is 0 Å². The Morgan fingerprint density at radius 2 is 1.69 bits per heavy atom. The van der Waals surface area contributed by atoms with Gasteiger partial charge in [-0.3, -0.25) is 4.79 Å². The largest absolute Gasteiger partial charge is 0.462 e. The second-order valence-corrected chi connectivity index (χ2v) is 10.7. The summed E-state index contributed by atoms with van der Waals surface area (Å²) in [5.41, 5.74) is -1.07. The first-order valence-corrected chi connectivity index (χ1v) is 12.8. The molecule has 3 saturated heterocycles. The molecule has 0 aromatic heterocycles. The molecular weight excluding hydrogens is 476 g/mol. The van der Waals surface area contributed by atoms with Crippen LogP contribution in [0.25, 0.3) is 0 Å². The number of carbonyl (C=O) groups is 1. The topological polar surface area (TPSA) is 142 Å². The van der Waals surface area contributed by atoms with Crippen LogP contribution in [0.5, 0.6) is 0 Å². The fourth-order valence-corrected chi connectivity index (χ4v) is 5.39. The standard InChI is InChI=1S/C25H44O11/c1-12-17(35-24(29)13(2)21(12)26)8-16(11-30-6)34-20-10-25(5,23(28)15(4)33-20)36-19-9-18(31-7)22(27)14(3)32-19/h12-23,26-28H,8-11H2,1-7H3/t12-,13+,14+,15-,16+,17+,18+,19-,20-,21-,22+,23-,25-/m0/s1. The maximum atomic E-state index is 12.2. The molecule has 0 bridgehead atoms. The molecule has 0 aromatic rings. The average molecular weight is 521 g/mol. The summed E-state index contributed by atoms with van der Waals surface area (Å²) < 4.78 is 40.6. The third-order valence-electron chi connectivity index (χ3n) is 7.83. The highest BCUT2D eigenvalue weighted by Gasteiger charge is 2.50. The molecule has 0 aromatic carbocycles. The Bertz CT molecular complexity index is 722. The number of hydrogen-bond donors (Lipinski definition) is 3. The molecule has 0 radical (unpaired) electrons. The minimum atomic E-state index is -1.07. The van der Waals surface area contributed by atoms with Gasteiger partial charge in [-0.05, 0) is 27.7 Å². The zero-order chi connectivity index (χ0) is 26.8. The van der Waals surface area contributed by atoms with Crippen molar-refractivity contribution >= 4 is 5.97 Å². The van der Waals surface area contributed by atoms with E-state index >= 15 is 0 Å². The highest BCUT2D eigenvalue weighted by molar-refractivity contribution is 5.73.